The number of carbonyl (C=O) groups excluding carboxylic acids is 1. The van der Waals surface area contributed by atoms with Crippen LogP contribution < -0.4 is 11.3 Å². The van der Waals surface area contributed by atoms with E-state index in [1.807, 2.05) is 7.05 Å². The second kappa shape index (κ2) is 6.49. The van der Waals surface area contributed by atoms with E-state index < -0.39 is 0 Å². The van der Waals surface area contributed by atoms with Crippen molar-refractivity contribution in [3.63, 3.8) is 0 Å². The smallest absolute Gasteiger partial charge is 0.253 e. The second-order valence-corrected chi connectivity index (χ2v) is 4.84. The van der Waals surface area contributed by atoms with E-state index >= 15 is 0 Å². The third-order valence-electron chi connectivity index (χ3n) is 3.29. The van der Waals surface area contributed by atoms with Crippen LogP contribution in [0.15, 0.2) is 18.3 Å². The van der Waals surface area contributed by atoms with E-state index in [1.54, 1.807) is 23.2 Å². The van der Waals surface area contributed by atoms with E-state index in [0.29, 0.717) is 23.8 Å². The van der Waals surface area contributed by atoms with Crippen LogP contribution in [0.3, 0.4) is 0 Å². The molecule has 1 atom stereocenters. The summed E-state index contributed by atoms with van der Waals surface area (Å²) in [4.78, 5) is 18.0. The summed E-state index contributed by atoms with van der Waals surface area (Å²) in [6.45, 7) is 2.29. The van der Waals surface area contributed by atoms with Gasteiger partial charge in [0.05, 0.1) is 6.61 Å². The highest BCUT2D eigenvalue weighted by atomic mass is 16.5. The van der Waals surface area contributed by atoms with Crippen LogP contribution in [0.25, 0.3) is 0 Å². The van der Waals surface area contributed by atoms with Crippen molar-refractivity contribution in [2.45, 2.75) is 12.8 Å². The Morgan fingerprint density at radius 2 is 2.53 bits per heavy atom. The Hall–Kier alpha value is -1.66. The van der Waals surface area contributed by atoms with Gasteiger partial charge >= 0.3 is 0 Å². The lowest BCUT2D eigenvalue weighted by atomic mass is 10.0. The largest absolute Gasteiger partial charge is 0.381 e. The predicted octanol–water partition coefficient (Wildman–Crippen LogP) is 0.866. The minimum Gasteiger partial charge on any atom is -0.381 e. The summed E-state index contributed by atoms with van der Waals surface area (Å²) in [5.74, 6) is 6.18. The third kappa shape index (κ3) is 3.65. The number of rotatable bonds is 4. The van der Waals surface area contributed by atoms with Crippen molar-refractivity contribution in [2.75, 3.05) is 32.2 Å². The Labute approximate surface area is 112 Å². The molecule has 0 saturated carbocycles. The average molecular weight is 264 g/mol. The molecule has 1 aromatic rings. The van der Waals surface area contributed by atoms with E-state index in [2.05, 4.69) is 10.4 Å². The molecule has 1 fully saturated rings. The monoisotopic (exact) mass is 264 g/mol. The topological polar surface area (TPSA) is 80.5 Å². The van der Waals surface area contributed by atoms with Gasteiger partial charge in [-0.2, -0.15) is 0 Å². The van der Waals surface area contributed by atoms with Gasteiger partial charge in [0.25, 0.3) is 5.91 Å². The number of nitrogens with two attached hydrogens (primary N) is 1. The van der Waals surface area contributed by atoms with Crippen LogP contribution in [0.4, 0.5) is 5.82 Å². The Kier molecular flexibility index (Phi) is 4.70. The maximum atomic E-state index is 12.3. The molecule has 19 heavy (non-hydrogen) atoms. The number of nitrogens with one attached hydrogen (secondary N) is 1. The number of carbonyl (C=O) groups is 1. The molecule has 1 amide bonds. The van der Waals surface area contributed by atoms with Crippen molar-refractivity contribution in [2.24, 2.45) is 11.8 Å². The first-order chi connectivity index (χ1) is 9.20. The molecule has 1 aliphatic heterocycles. The number of hydrogen-bond acceptors (Lipinski definition) is 5. The summed E-state index contributed by atoms with van der Waals surface area (Å²) in [5.41, 5.74) is 3.03. The number of aromatic nitrogens is 1. The summed E-state index contributed by atoms with van der Waals surface area (Å²) in [7, 11) is 1.81. The maximum absolute atomic E-state index is 12.3. The van der Waals surface area contributed by atoms with Gasteiger partial charge in [-0.15, -0.1) is 0 Å². The average Bonchev–Trinajstić information content (AvgIpc) is 2.47. The van der Waals surface area contributed by atoms with Gasteiger partial charge in [0, 0.05) is 32.0 Å². The number of ether oxygens (including phenoxy) is 1. The zero-order valence-electron chi connectivity index (χ0n) is 11.1. The Morgan fingerprint density at radius 1 is 1.68 bits per heavy atom. The molecule has 0 aliphatic carbocycles. The van der Waals surface area contributed by atoms with Crippen LogP contribution in [0, 0.1) is 5.92 Å². The van der Waals surface area contributed by atoms with Gasteiger partial charge < -0.3 is 15.1 Å². The molecular weight excluding hydrogens is 244 g/mol. The minimum atomic E-state index is -0.0236. The molecule has 0 radical (unpaired) electrons. The standard InChI is InChI=1S/C13H20N4O2/c1-17(8-10-3-2-6-19-9-10)13(18)11-4-5-15-12(7-11)16-14/h4-5,7,10H,2-3,6,8-9,14H2,1H3,(H,15,16). The molecule has 6 heteroatoms. The number of nitrogen functional groups attached to an aromatic ring is 1. The van der Waals surface area contributed by atoms with Gasteiger partial charge in [-0.05, 0) is 30.9 Å². The number of anilines is 1. The van der Waals surface area contributed by atoms with Crippen molar-refractivity contribution in [1.82, 2.24) is 9.88 Å². The molecular formula is C13H20N4O2. The van der Waals surface area contributed by atoms with Crippen molar-refractivity contribution in [3.05, 3.63) is 23.9 Å². The summed E-state index contributed by atoms with van der Waals surface area (Å²) in [5, 5.41) is 0. The van der Waals surface area contributed by atoms with E-state index in [-0.39, 0.29) is 5.91 Å². The number of hydrogen-bond donors (Lipinski definition) is 2. The molecule has 0 aromatic carbocycles. The summed E-state index contributed by atoms with van der Waals surface area (Å²) in [6, 6.07) is 3.34. The number of pyridine rings is 1. The van der Waals surface area contributed by atoms with E-state index in [1.165, 1.54) is 0 Å². The van der Waals surface area contributed by atoms with Crippen LogP contribution in [0.5, 0.6) is 0 Å². The zero-order valence-corrected chi connectivity index (χ0v) is 11.1. The molecule has 3 N–H and O–H groups in total. The lowest BCUT2D eigenvalue weighted by molar-refractivity contribution is 0.0388. The van der Waals surface area contributed by atoms with Crippen molar-refractivity contribution in [3.8, 4) is 0 Å². The van der Waals surface area contributed by atoms with Crippen LogP contribution in [0.1, 0.15) is 23.2 Å². The maximum Gasteiger partial charge on any atom is 0.253 e. The van der Waals surface area contributed by atoms with Gasteiger partial charge in [0.1, 0.15) is 5.82 Å². The summed E-state index contributed by atoms with van der Waals surface area (Å²) < 4.78 is 5.43. The van der Waals surface area contributed by atoms with Gasteiger partial charge in [0.2, 0.25) is 0 Å². The number of amides is 1. The molecule has 1 unspecified atom stereocenters. The normalized spacial score (nSPS) is 18.9. The highest BCUT2D eigenvalue weighted by Gasteiger charge is 2.19. The summed E-state index contributed by atoms with van der Waals surface area (Å²) >= 11 is 0. The molecule has 0 spiro atoms. The summed E-state index contributed by atoms with van der Waals surface area (Å²) in [6.07, 6.45) is 3.76. The van der Waals surface area contributed by atoms with Crippen molar-refractivity contribution >= 4 is 11.7 Å². The van der Waals surface area contributed by atoms with Crippen molar-refractivity contribution < 1.29 is 9.53 Å². The van der Waals surface area contributed by atoms with Crippen LogP contribution in [-0.2, 0) is 4.74 Å². The van der Waals surface area contributed by atoms with E-state index in [4.69, 9.17) is 10.6 Å². The first kappa shape index (κ1) is 13.8. The van der Waals surface area contributed by atoms with Crippen LogP contribution in [0.2, 0.25) is 0 Å². The highest BCUT2D eigenvalue weighted by Crippen LogP contribution is 2.16. The fourth-order valence-corrected chi connectivity index (χ4v) is 2.28. The molecule has 6 nitrogen and oxygen atoms in total. The molecule has 2 heterocycles. The first-order valence-corrected chi connectivity index (χ1v) is 6.46. The highest BCUT2D eigenvalue weighted by molar-refractivity contribution is 5.94. The minimum absolute atomic E-state index is 0.0236. The van der Waals surface area contributed by atoms with Crippen LogP contribution >= 0.6 is 0 Å². The van der Waals surface area contributed by atoms with Crippen molar-refractivity contribution in [1.29, 1.82) is 0 Å². The molecule has 1 aliphatic rings. The molecule has 2 rings (SSSR count). The number of nitrogens with zero attached hydrogens (tertiary/aromatic N) is 2. The lowest BCUT2D eigenvalue weighted by Crippen LogP contribution is -2.35. The molecule has 0 bridgehead atoms. The van der Waals surface area contributed by atoms with Gasteiger partial charge in [-0.1, -0.05) is 0 Å². The number of hydrazine groups is 1. The van der Waals surface area contributed by atoms with E-state index in [9.17, 15) is 4.79 Å². The van der Waals surface area contributed by atoms with Gasteiger partial charge in [-0.25, -0.2) is 10.8 Å². The van der Waals surface area contributed by atoms with Crippen LogP contribution in [-0.4, -0.2) is 42.6 Å². The Morgan fingerprint density at radius 3 is 3.21 bits per heavy atom. The SMILES string of the molecule is CN(CC1CCCOC1)C(=O)c1ccnc(NN)c1. The van der Waals surface area contributed by atoms with Gasteiger partial charge in [0.15, 0.2) is 0 Å². The fraction of sp³-hybridized carbons (Fsp3) is 0.538. The third-order valence-corrected chi connectivity index (χ3v) is 3.29. The predicted molar refractivity (Wildman–Crippen MR) is 72.6 cm³/mol. The Bertz CT molecular complexity index is 432. The molecule has 104 valence electrons. The fourth-order valence-electron chi connectivity index (χ4n) is 2.28. The Balaban J connectivity index is 1.97. The molecule has 1 saturated heterocycles. The lowest BCUT2D eigenvalue weighted by Gasteiger charge is -2.27. The quantitative estimate of drug-likeness (QED) is 0.623. The van der Waals surface area contributed by atoms with E-state index in [0.717, 1.165) is 26.1 Å². The molecule has 1 aromatic heterocycles. The van der Waals surface area contributed by atoms with Gasteiger partial charge in [-0.3, -0.25) is 4.79 Å². The zero-order chi connectivity index (χ0) is 13.7. The second-order valence-electron chi connectivity index (χ2n) is 4.84. The first-order valence-electron chi connectivity index (χ1n) is 6.46.